The lowest BCUT2D eigenvalue weighted by Crippen LogP contribution is -2.39. The fourth-order valence-electron chi connectivity index (χ4n) is 3.04. The van der Waals surface area contributed by atoms with Crippen LogP contribution in [0.15, 0.2) is 42.5 Å². The van der Waals surface area contributed by atoms with E-state index in [1.54, 1.807) is 0 Å². The molecule has 23 heavy (non-hydrogen) atoms. The van der Waals surface area contributed by atoms with Crippen LogP contribution in [0.25, 0.3) is 0 Å². The van der Waals surface area contributed by atoms with Crippen molar-refractivity contribution in [3.63, 3.8) is 0 Å². The summed E-state index contributed by atoms with van der Waals surface area (Å²) in [6.07, 6.45) is 3.18. The van der Waals surface area contributed by atoms with Gasteiger partial charge in [0.2, 0.25) is 5.91 Å². The fraction of sp³-hybridized carbons (Fsp3) is 0.350. The van der Waals surface area contributed by atoms with Gasteiger partial charge in [0.15, 0.2) is 0 Å². The third-order valence-electron chi connectivity index (χ3n) is 4.67. The Morgan fingerprint density at radius 3 is 2.61 bits per heavy atom. The van der Waals surface area contributed by atoms with Crippen LogP contribution in [0.3, 0.4) is 0 Å². The van der Waals surface area contributed by atoms with Crippen molar-refractivity contribution in [1.29, 1.82) is 0 Å². The van der Waals surface area contributed by atoms with Crippen molar-refractivity contribution >= 4 is 17.3 Å². The average molecular weight is 308 g/mol. The molecule has 0 unspecified atom stereocenters. The van der Waals surface area contributed by atoms with Gasteiger partial charge in [0.25, 0.3) is 0 Å². The van der Waals surface area contributed by atoms with E-state index in [2.05, 4.69) is 32.0 Å². The van der Waals surface area contributed by atoms with Crippen LogP contribution < -0.4 is 10.6 Å². The van der Waals surface area contributed by atoms with Gasteiger partial charge in [-0.25, -0.2) is 0 Å². The first-order valence-electron chi connectivity index (χ1n) is 8.27. The van der Waals surface area contributed by atoms with Crippen molar-refractivity contribution in [1.82, 2.24) is 0 Å². The molecule has 2 aromatic rings. The first-order chi connectivity index (χ1) is 11.0. The van der Waals surface area contributed by atoms with Crippen molar-refractivity contribution in [2.24, 2.45) is 5.92 Å². The van der Waals surface area contributed by atoms with Gasteiger partial charge in [0.1, 0.15) is 0 Å². The van der Waals surface area contributed by atoms with Crippen LogP contribution in [0.5, 0.6) is 0 Å². The Kier molecular flexibility index (Phi) is 4.37. The van der Waals surface area contributed by atoms with Gasteiger partial charge in [0.05, 0.1) is 6.54 Å². The monoisotopic (exact) mass is 308 g/mol. The molecule has 1 aliphatic carbocycles. The fourth-order valence-corrected chi connectivity index (χ4v) is 3.04. The molecule has 2 N–H and O–H groups in total. The molecule has 120 valence electrons. The molecule has 0 aliphatic heterocycles. The smallest absolute Gasteiger partial charge is 0.230 e. The zero-order chi connectivity index (χ0) is 16.4. The minimum Gasteiger partial charge on any atom is -0.399 e. The summed E-state index contributed by atoms with van der Waals surface area (Å²) in [6, 6.07) is 14.1. The van der Waals surface area contributed by atoms with E-state index >= 15 is 0 Å². The van der Waals surface area contributed by atoms with Crippen molar-refractivity contribution in [3.8, 4) is 0 Å². The Bertz CT molecular complexity index is 719. The lowest BCUT2D eigenvalue weighted by Gasteiger charge is -2.33. The van der Waals surface area contributed by atoms with Gasteiger partial charge in [0, 0.05) is 17.3 Å². The molecule has 1 aliphatic rings. The highest BCUT2D eigenvalue weighted by atomic mass is 16.2. The molecule has 3 nitrogen and oxygen atoms in total. The van der Waals surface area contributed by atoms with Crippen molar-refractivity contribution in [2.75, 3.05) is 10.6 Å². The minimum absolute atomic E-state index is 0.177. The summed E-state index contributed by atoms with van der Waals surface area (Å²) in [7, 11) is 0. The van der Waals surface area contributed by atoms with Crippen molar-refractivity contribution < 1.29 is 4.79 Å². The van der Waals surface area contributed by atoms with Crippen molar-refractivity contribution in [2.45, 2.75) is 39.7 Å². The van der Waals surface area contributed by atoms with Crippen LogP contribution in [0.4, 0.5) is 11.4 Å². The van der Waals surface area contributed by atoms with E-state index in [0.29, 0.717) is 6.54 Å². The Morgan fingerprint density at radius 1 is 1.17 bits per heavy atom. The summed E-state index contributed by atoms with van der Waals surface area (Å²) < 4.78 is 0. The molecule has 0 radical (unpaired) electrons. The number of nitrogens with zero attached hydrogens (tertiary/aromatic N) is 1. The summed E-state index contributed by atoms with van der Waals surface area (Å²) in [5.74, 6) is 0.420. The number of nitrogen functional groups attached to an aromatic ring is 1. The number of hydrogen-bond donors (Lipinski definition) is 1. The number of carbonyl (C=O) groups excluding carboxylic acids is 1. The molecule has 1 amide bonds. The van der Waals surface area contributed by atoms with Gasteiger partial charge in [-0.2, -0.15) is 0 Å². The zero-order valence-electron chi connectivity index (χ0n) is 13.9. The Labute approximate surface area is 138 Å². The van der Waals surface area contributed by atoms with Gasteiger partial charge in [-0.1, -0.05) is 30.7 Å². The van der Waals surface area contributed by atoms with E-state index in [0.717, 1.165) is 41.8 Å². The predicted octanol–water partition coefficient (Wildman–Crippen LogP) is 4.22. The van der Waals surface area contributed by atoms with E-state index < -0.39 is 0 Å². The van der Waals surface area contributed by atoms with E-state index in [4.69, 9.17) is 5.73 Å². The quantitative estimate of drug-likeness (QED) is 0.860. The topological polar surface area (TPSA) is 46.3 Å². The molecule has 3 heteroatoms. The Balaban J connectivity index is 1.96. The third kappa shape index (κ3) is 3.39. The molecular formula is C20H24N2O. The first kappa shape index (κ1) is 15.6. The molecule has 0 aromatic heterocycles. The SMILES string of the molecule is Cc1ccc(C)c(N(Cc2cccc(N)c2)C(=O)C2CCC2)c1. The standard InChI is InChI=1S/C20H24N2O/c1-14-9-10-15(2)19(11-14)22(20(23)17-6-4-7-17)13-16-5-3-8-18(21)12-16/h3,5,8-12,17H,4,6-7,13,21H2,1-2H3. The normalized spacial score (nSPS) is 14.3. The van der Waals surface area contributed by atoms with Crippen LogP contribution >= 0.6 is 0 Å². The zero-order valence-corrected chi connectivity index (χ0v) is 13.9. The van der Waals surface area contributed by atoms with Crippen LogP contribution in [-0.4, -0.2) is 5.91 Å². The minimum atomic E-state index is 0.177. The summed E-state index contributed by atoms with van der Waals surface area (Å²) in [5.41, 5.74) is 11.0. The molecule has 3 rings (SSSR count). The molecule has 0 spiro atoms. The number of benzene rings is 2. The maximum absolute atomic E-state index is 13.0. The highest BCUT2D eigenvalue weighted by molar-refractivity contribution is 5.96. The Hall–Kier alpha value is -2.29. The molecule has 1 saturated carbocycles. The average Bonchev–Trinajstić information content (AvgIpc) is 2.46. The number of nitrogens with two attached hydrogens (primary N) is 1. The molecule has 0 atom stereocenters. The van der Waals surface area contributed by atoms with Gasteiger partial charge in [-0.15, -0.1) is 0 Å². The van der Waals surface area contributed by atoms with Crippen molar-refractivity contribution in [3.05, 3.63) is 59.2 Å². The van der Waals surface area contributed by atoms with Crippen LogP contribution in [0.2, 0.25) is 0 Å². The lowest BCUT2D eigenvalue weighted by atomic mass is 9.84. The largest absolute Gasteiger partial charge is 0.399 e. The van der Waals surface area contributed by atoms with E-state index in [1.165, 1.54) is 5.56 Å². The maximum Gasteiger partial charge on any atom is 0.230 e. The van der Waals surface area contributed by atoms with Gasteiger partial charge >= 0.3 is 0 Å². The molecule has 0 saturated heterocycles. The highest BCUT2D eigenvalue weighted by Crippen LogP contribution is 2.32. The van der Waals surface area contributed by atoms with E-state index in [-0.39, 0.29) is 11.8 Å². The highest BCUT2D eigenvalue weighted by Gasteiger charge is 2.30. The summed E-state index contributed by atoms with van der Waals surface area (Å²) in [5, 5.41) is 0. The summed E-state index contributed by atoms with van der Waals surface area (Å²) >= 11 is 0. The lowest BCUT2D eigenvalue weighted by molar-refractivity contribution is -0.124. The first-order valence-corrected chi connectivity index (χ1v) is 8.27. The van der Waals surface area contributed by atoms with E-state index in [1.807, 2.05) is 29.2 Å². The third-order valence-corrected chi connectivity index (χ3v) is 4.67. The number of amides is 1. The predicted molar refractivity (Wildman–Crippen MR) is 95.3 cm³/mol. The molecule has 1 fully saturated rings. The Morgan fingerprint density at radius 2 is 1.96 bits per heavy atom. The molecular weight excluding hydrogens is 284 g/mol. The second-order valence-corrected chi connectivity index (χ2v) is 6.59. The molecule has 0 heterocycles. The number of carbonyl (C=O) groups is 1. The van der Waals surface area contributed by atoms with Crippen LogP contribution in [-0.2, 0) is 11.3 Å². The second-order valence-electron chi connectivity index (χ2n) is 6.59. The van der Waals surface area contributed by atoms with Crippen LogP contribution in [0.1, 0.15) is 36.0 Å². The summed E-state index contributed by atoms with van der Waals surface area (Å²) in [6.45, 7) is 4.70. The van der Waals surface area contributed by atoms with E-state index in [9.17, 15) is 4.79 Å². The summed E-state index contributed by atoms with van der Waals surface area (Å²) in [4.78, 5) is 14.9. The maximum atomic E-state index is 13.0. The van der Waals surface area contributed by atoms with Gasteiger partial charge in [-0.05, 0) is 61.6 Å². The number of aryl methyl sites for hydroxylation is 2. The number of anilines is 2. The van der Waals surface area contributed by atoms with Gasteiger partial charge < -0.3 is 10.6 Å². The molecule has 2 aromatic carbocycles. The number of hydrogen-bond acceptors (Lipinski definition) is 2. The van der Waals surface area contributed by atoms with Crippen LogP contribution in [0, 0.1) is 19.8 Å². The number of rotatable bonds is 4. The van der Waals surface area contributed by atoms with Gasteiger partial charge in [-0.3, -0.25) is 4.79 Å². The second kappa shape index (κ2) is 6.45. The molecule has 0 bridgehead atoms.